The maximum atomic E-state index is 11.9. The van der Waals surface area contributed by atoms with E-state index in [0.717, 1.165) is 25.2 Å². The van der Waals surface area contributed by atoms with Crippen molar-refractivity contribution in [3.63, 3.8) is 0 Å². The molecule has 0 atom stereocenters. The van der Waals surface area contributed by atoms with Crippen LogP contribution < -0.4 is 10.1 Å². The first-order valence-electron chi connectivity index (χ1n) is 7.88. The standard InChI is InChI=1S/C17H23NO4/c19-16(20)4-2-1-3-11-18-17(21)14-7-9-15(10-8-14)22-12-13-5-6-13/h7-10,13H,1-6,11-12H2,(H,18,21)(H,19,20). The Bertz CT molecular complexity index is 494. The largest absolute Gasteiger partial charge is 0.493 e. The number of benzene rings is 1. The predicted octanol–water partition coefficient (Wildman–Crippen LogP) is 2.85. The third kappa shape index (κ3) is 6.16. The van der Waals surface area contributed by atoms with Crippen molar-refractivity contribution in [3.05, 3.63) is 29.8 Å². The van der Waals surface area contributed by atoms with Gasteiger partial charge in [0.15, 0.2) is 0 Å². The zero-order valence-electron chi connectivity index (χ0n) is 12.7. The third-order valence-corrected chi connectivity index (χ3v) is 3.65. The van der Waals surface area contributed by atoms with E-state index in [1.165, 1.54) is 12.8 Å². The summed E-state index contributed by atoms with van der Waals surface area (Å²) in [5.74, 6) is 0.640. The summed E-state index contributed by atoms with van der Waals surface area (Å²) in [5, 5.41) is 11.4. The van der Waals surface area contributed by atoms with Gasteiger partial charge in [0.25, 0.3) is 5.91 Å². The van der Waals surface area contributed by atoms with E-state index in [-0.39, 0.29) is 12.3 Å². The second-order valence-corrected chi connectivity index (χ2v) is 5.74. The average molecular weight is 305 g/mol. The van der Waals surface area contributed by atoms with E-state index >= 15 is 0 Å². The summed E-state index contributed by atoms with van der Waals surface area (Å²) < 4.78 is 5.63. The van der Waals surface area contributed by atoms with Gasteiger partial charge in [-0.15, -0.1) is 0 Å². The molecule has 2 rings (SSSR count). The topological polar surface area (TPSA) is 75.6 Å². The Labute approximate surface area is 130 Å². The van der Waals surface area contributed by atoms with Gasteiger partial charge in [-0.25, -0.2) is 0 Å². The number of carbonyl (C=O) groups excluding carboxylic acids is 1. The molecular weight excluding hydrogens is 282 g/mol. The SMILES string of the molecule is O=C(O)CCCCCNC(=O)c1ccc(OCC2CC2)cc1. The number of hydrogen-bond acceptors (Lipinski definition) is 3. The van der Waals surface area contributed by atoms with Gasteiger partial charge in [0.05, 0.1) is 6.61 Å². The summed E-state index contributed by atoms with van der Waals surface area (Å²) in [6, 6.07) is 7.18. The number of ether oxygens (including phenoxy) is 1. The Kier molecular flexibility index (Phi) is 6.25. The van der Waals surface area contributed by atoms with Crippen molar-refractivity contribution in [2.45, 2.75) is 38.5 Å². The molecule has 22 heavy (non-hydrogen) atoms. The number of amides is 1. The summed E-state index contributed by atoms with van der Waals surface area (Å²) in [5.41, 5.74) is 0.615. The van der Waals surface area contributed by atoms with Gasteiger partial charge in [0.1, 0.15) is 5.75 Å². The molecule has 0 heterocycles. The summed E-state index contributed by atoms with van der Waals surface area (Å²) in [6.07, 6.45) is 4.95. The van der Waals surface area contributed by atoms with Crippen LogP contribution in [0.2, 0.25) is 0 Å². The van der Waals surface area contributed by atoms with E-state index in [0.29, 0.717) is 24.4 Å². The Hall–Kier alpha value is -2.04. The first-order valence-corrected chi connectivity index (χ1v) is 7.88. The molecule has 1 aliphatic carbocycles. The number of nitrogens with one attached hydrogen (secondary N) is 1. The van der Waals surface area contributed by atoms with Crippen LogP contribution >= 0.6 is 0 Å². The molecule has 120 valence electrons. The monoisotopic (exact) mass is 305 g/mol. The van der Waals surface area contributed by atoms with Crippen LogP contribution in [-0.2, 0) is 4.79 Å². The number of rotatable bonds is 10. The number of unbranched alkanes of at least 4 members (excludes halogenated alkanes) is 2. The average Bonchev–Trinajstić information content (AvgIpc) is 3.33. The zero-order valence-corrected chi connectivity index (χ0v) is 12.7. The summed E-state index contributed by atoms with van der Waals surface area (Å²) in [7, 11) is 0. The van der Waals surface area contributed by atoms with E-state index in [2.05, 4.69) is 5.32 Å². The van der Waals surface area contributed by atoms with Gasteiger partial charge >= 0.3 is 5.97 Å². The number of aliphatic carboxylic acids is 1. The quantitative estimate of drug-likeness (QED) is 0.652. The first-order chi connectivity index (χ1) is 10.6. The lowest BCUT2D eigenvalue weighted by Gasteiger charge is -2.07. The molecule has 0 saturated heterocycles. The van der Waals surface area contributed by atoms with Gasteiger partial charge in [-0.2, -0.15) is 0 Å². The van der Waals surface area contributed by atoms with Crippen LogP contribution in [0, 0.1) is 5.92 Å². The lowest BCUT2D eigenvalue weighted by Crippen LogP contribution is -2.24. The van der Waals surface area contributed by atoms with Crippen molar-refractivity contribution in [3.8, 4) is 5.75 Å². The van der Waals surface area contributed by atoms with E-state index in [9.17, 15) is 9.59 Å². The van der Waals surface area contributed by atoms with Crippen LogP contribution in [0.5, 0.6) is 5.75 Å². The van der Waals surface area contributed by atoms with Crippen molar-refractivity contribution in [2.75, 3.05) is 13.2 Å². The van der Waals surface area contributed by atoms with Crippen molar-refractivity contribution in [1.82, 2.24) is 5.32 Å². The van der Waals surface area contributed by atoms with Crippen LogP contribution in [-0.4, -0.2) is 30.1 Å². The van der Waals surface area contributed by atoms with Crippen LogP contribution in [0.4, 0.5) is 0 Å². The molecule has 1 aromatic rings. The van der Waals surface area contributed by atoms with Gasteiger partial charge in [0.2, 0.25) is 0 Å². The maximum Gasteiger partial charge on any atom is 0.303 e. The zero-order chi connectivity index (χ0) is 15.8. The van der Waals surface area contributed by atoms with Gasteiger partial charge in [-0.05, 0) is 55.9 Å². The van der Waals surface area contributed by atoms with Gasteiger partial charge in [-0.3, -0.25) is 9.59 Å². The Balaban J connectivity index is 1.62. The first kappa shape index (κ1) is 16.3. The van der Waals surface area contributed by atoms with Crippen LogP contribution in [0.1, 0.15) is 48.9 Å². The molecule has 1 aromatic carbocycles. The van der Waals surface area contributed by atoms with Gasteiger partial charge in [-0.1, -0.05) is 6.42 Å². The van der Waals surface area contributed by atoms with Crippen molar-refractivity contribution >= 4 is 11.9 Å². The molecule has 0 bridgehead atoms. The highest BCUT2D eigenvalue weighted by Crippen LogP contribution is 2.29. The molecule has 0 unspecified atom stereocenters. The predicted molar refractivity (Wildman–Crippen MR) is 83.1 cm³/mol. The molecule has 1 aliphatic rings. The highest BCUT2D eigenvalue weighted by atomic mass is 16.5. The number of carbonyl (C=O) groups is 2. The van der Waals surface area contributed by atoms with Crippen molar-refractivity contribution < 1.29 is 19.4 Å². The lowest BCUT2D eigenvalue weighted by molar-refractivity contribution is -0.137. The molecule has 1 saturated carbocycles. The maximum absolute atomic E-state index is 11.9. The second-order valence-electron chi connectivity index (χ2n) is 5.74. The van der Waals surface area contributed by atoms with Gasteiger partial charge < -0.3 is 15.2 Å². The van der Waals surface area contributed by atoms with Crippen molar-refractivity contribution in [1.29, 1.82) is 0 Å². The number of carboxylic acid groups (broad SMARTS) is 1. The van der Waals surface area contributed by atoms with Crippen LogP contribution in [0.25, 0.3) is 0 Å². The number of hydrogen-bond donors (Lipinski definition) is 2. The van der Waals surface area contributed by atoms with Crippen LogP contribution in [0.3, 0.4) is 0 Å². The second kappa shape index (κ2) is 8.41. The molecule has 1 fully saturated rings. The molecule has 5 nitrogen and oxygen atoms in total. The van der Waals surface area contributed by atoms with E-state index in [4.69, 9.17) is 9.84 Å². The molecular formula is C17H23NO4. The fraction of sp³-hybridized carbons (Fsp3) is 0.529. The lowest BCUT2D eigenvalue weighted by atomic mass is 10.2. The van der Waals surface area contributed by atoms with E-state index in [1.54, 1.807) is 12.1 Å². The minimum absolute atomic E-state index is 0.105. The van der Waals surface area contributed by atoms with Crippen molar-refractivity contribution in [2.24, 2.45) is 5.92 Å². The van der Waals surface area contributed by atoms with Gasteiger partial charge in [0, 0.05) is 18.5 Å². The smallest absolute Gasteiger partial charge is 0.303 e. The number of carboxylic acids is 1. The summed E-state index contributed by atoms with van der Waals surface area (Å²) in [4.78, 5) is 22.3. The molecule has 2 N–H and O–H groups in total. The Morgan fingerprint density at radius 2 is 1.86 bits per heavy atom. The molecule has 0 aliphatic heterocycles. The summed E-state index contributed by atoms with van der Waals surface area (Å²) in [6.45, 7) is 1.33. The molecule has 0 spiro atoms. The highest BCUT2D eigenvalue weighted by molar-refractivity contribution is 5.94. The molecule has 1 amide bonds. The minimum Gasteiger partial charge on any atom is -0.493 e. The molecule has 0 radical (unpaired) electrons. The normalized spacial score (nSPS) is 13.6. The van der Waals surface area contributed by atoms with E-state index < -0.39 is 5.97 Å². The molecule has 0 aromatic heterocycles. The Morgan fingerprint density at radius 1 is 1.14 bits per heavy atom. The summed E-state index contributed by atoms with van der Waals surface area (Å²) >= 11 is 0. The van der Waals surface area contributed by atoms with Crippen LogP contribution in [0.15, 0.2) is 24.3 Å². The minimum atomic E-state index is -0.770. The fourth-order valence-electron chi connectivity index (χ4n) is 2.08. The Morgan fingerprint density at radius 3 is 2.50 bits per heavy atom. The third-order valence-electron chi connectivity index (χ3n) is 3.65. The highest BCUT2D eigenvalue weighted by Gasteiger charge is 2.21. The van der Waals surface area contributed by atoms with E-state index in [1.807, 2.05) is 12.1 Å². The molecule has 5 heteroatoms. The fourth-order valence-corrected chi connectivity index (χ4v) is 2.08.